The number of hydrogen-bond acceptors (Lipinski definition) is 20. The average Bonchev–Trinajstić information content (AvgIpc) is 3.11. The Morgan fingerprint density at radius 1 is 0.517 bits per heavy atom. The maximum atomic E-state index is 13.2. The van der Waals surface area contributed by atoms with Crippen LogP contribution in [-0.4, -0.2) is 126 Å². The number of benzene rings is 2. The van der Waals surface area contributed by atoms with Crippen LogP contribution >= 0.6 is 0 Å². The van der Waals surface area contributed by atoms with Gasteiger partial charge in [0.15, 0.2) is 43.1 Å². The fraction of sp³-hybridized carbons (Fsp3) is 0.528. The van der Waals surface area contributed by atoms with Crippen molar-refractivity contribution in [3.63, 3.8) is 0 Å². The summed E-state index contributed by atoms with van der Waals surface area (Å²) in [6, 6.07) is 11.1. The predicted octanol–water partition coefficient (Wildman–Crippen LogP) is 0.900. The van der Waals surface area contributed by atoms with E-state index >= 15 is 0 Å². The number of carbonyl (C=O) groups excluding carboxylic acids is 5. The molecule has 2 fully saturated rings. The topological polar surface area (TPSA) is 266 Å². The molecule has 0 aliphatic carbocycles. The zero-order valence-electron chi connectivity index (χ0n) is 32.3. The van der Waals surface area contributed by atoms with Gasteiger partial charge in [0.1, 0.15) is 18.3 Å². The lowest BCUT2D eigenvalue weighted by atomic mass is 9.96. The molecule has 4 rings (SSSR count). The van der Waals surface area contributed by atoms with E-state index in [-0.39, 0.29) is 9.79 Å². The summed E-state index contributed by atoms with van der Waals surface area (Å²) in [6.07, 6.45) is -18.6. The van der Waals surface area contributed by atoms with Crippen LogP contribution in [0.5, 0.6) is 0 Å². The maximum Gasteiger partial charge on any atom is 0.303 e. The Balaban J connectivity index is 1.81. The minimum atomic E-state index is -4.54. The van der Waals surface area contributed by atoms with Crippen molar-refractivity contribution in [1.82, 2.24) is 0 Å². The summed E-state index contributed by atoms with van der Waals surface area (Å²) in [5.74, 6) is -5.00. The van der Waals surface area contributed by atoms with Crippen LogP contribution in [0.1, 0.15) is 45.7 Å². The summed E-state index contributed by atoms with van der Waals surface area (Å²) >= 11 is 0. The first-order valence-electron chi connectivity index (χ1n) is 17.5. The summed E-state index contributed by atoms with van der Waals surface area (Å²) in [5.41, 5.74) is 1.48. The van der Waals surface area contributed by atoms with Gasteiger partial charge in [-0.2, -0.15) is 16.8 Å². The van der Waals surface area contributed by atoms with Gasteiger partial charge in [0.2, 0.25) is 0 Å². The number of esters is 5. The lowest BCUT2D eigenvalue weighted by molar-refractivity contribution is -0.356. The minimum Gasteiger partial charge on any atom is -0.456 e. The van der Waals surface area contributed by atoms with Crippen LogP contribution in [0.2, 0.25) is 0 Å². The smallest absolute Gasteiger partial charge is 0.303 e. The van der Waals surface area contributed by atoms with Gasteiger partial charge < -0.3 is 43.0 Å². The Hall–Kier alpha value is -4.55. The van der Waals surface area contributed by atoms with Crippen molar-refractivity contribution in [3.05, 3.63) is 59.7 Å². The third kappa shape index (κ3) is 12.2. The second kappa shape index (κ2) is 19.5. The van der Waals surface area contributed by atoms with Gasteiger partial charge in [-0.1, -0.05) is 35.4 Å². The molecule has 22 heteroatoms. The minimum absolute atomic E-state index is 0.262. The van der Waals surface area contributed by atoms with Gasteiger partial charge in [0.05, 0.1) is 23.0 Å². The molecule has 0 saturated carbocycles. The SMILES string of the molecule is CC(=O)O[C@@H]1[C@@H](OC(C)=O)[C@H](O)O[C@H](COS(=O)(=O)c2ccc(C)cc2)[C@H]1O[C@@H]1O[C@H](COS(=O)(=O)c2ccc(C)cc2)[C@H](OC(C)=O)[C@H](OC(C)=O)[C@H]1OC(C)=O. The Morgan fingerprint density at radius 3 is 1.28 bits per heavy atom. The highest BCUT2D eigenvalue weighted by molar-refractivity contribution is 7.87. The van der Waals surface area contributed by atoms with E-state index in [1.807, 2.05) is 0 Å². The largest absolute Gasteiger partial charge is 0.456 e. The molecule has 0 bridgehead atoms. The van der Waals surface area contributed by atoms with Gasteiger partial charge in [-0.3, -0.25) is 32.3 Å². The van der Waals surface area contributed by atoms with E-state index in [0.29, 0.717) is 0 Å². The standard InChI is InChI=1S/C36H44O20S2/c1-18-8-12-25(13-9-18)57(43,44)47-16-27-30(31(50-21(4)38)33(35(42)54-27)52-23(6)40)56-36-34(53-24(7)41)32(51-22(5)39)29(49-20(3)37)28(55-36)17-48-58(45,46)26-14-10-19(2)11-15-26/h8-15,27-36,42H,16-17H2,1-7H3/t27-,28-,29+,30-,31+,32+,33-,34-,35-,36+/m1/s1. The molecule has 0 radical (unpaired) electrons. The number of aryl methyl sites for hydroxylation is 2. The van der Waals surface area contributed by atoms with E-state index in [2.05, 4.69) is 0 Å². The third-order valence-electron chi connectivity index (χ3n) is 8.40. The maximum absolute atomic E-state index is 13.2. The Kier molecular flexibility index (Phi) is 15.5. The molecule has 0 spiro atoms. The van der Waals surface area contributed by atoms with Crippen molar-refractivity contribution in [2.24, 2.45) is 0 Å². The van der Waals surface area contributed by atoms with Crippen LogP contribution in [0.15, 0.2) is 58.3 Å². The molecule has 20 nitrogen and oxygen atoms in total. The molecular formula is C36H44O20S2. The first-order chi connectivity index (χ1) is 27.1. The summed E-state index contributed by atoms with van der Waals surface area (Å²) in [4.78, 5) is 61.5. The zero-order chi connectivity index (χ0) is 43.1. The fourth-order valence-electron chi connectivity index (χ4n) is 5.95. The number of carbonyl (C=O) groups is 5. The quantitative estimate of drug-likeness (QED) is 0.148. The van der Waals surface area contributed by atoms with Crippen molar-refractivity contribution < 1.29 is 92.2 Å². The van der Waals surface area contributed by atoms with E-state index < -0.39 is 125 Å². The van der Waals surface area contributed by atoms with E-state index in [4.69, 9.17) is 46.3 Å². The molecule has 2 aromatic rings. The molecule has 0 aromatic heterocycles. The molecule has 1 N–H and O–H groups in total. The molecule has 320 valence electrons. The lowest BCUT2D eigenvalue weighted by Crippen LogP contribution is -2.67. The molecule has 2 saturated heterocycles. The third-order valence-corrected chi connectivity index (χ3v) is 11.0. The van der Waals surface area contributed by atoms with Gasteiger partial charge in [-0.25, -0.2) is 0 Å². The highest BCUT2D eigenvalue weighted by Gasteiger charge is 2.57. The molecule has 10 atom stereocenters. The van der Waals surface area contributed by atoms with Crippen molar-refractivity contribution in [2.75, 3.05) is 13.2 Å². The average molecular weight is 861 g/mol. The first kappa shape index (κ1) is 46.1. The fourth-order valence-corrected chi connectivity index (χ4v) is 7.79. The van der Waals surface area contributed by atoms with Crippen LogP contribution in [0, 0.1) is 13.8 Å². The lowest BCUT2D eigenvalue weighted by Gasteiger charge is -2.48. The van der Waals surface area contributed by atoms with E-state index in [1.165, 1.54) is 48.5 Å². The molecule has 2 aliphatic heterocycles. The summed E-state index contributed by atoms with van der Waals surface area (Å²) in [7, 11) is -9.07. The van der Waals surface area contributed by atoms with Gasteiger partial charge in [0, 0.05) is 34.6 Å². The van der Waals surface area contributed by atoms with E-state index in [9.17, 15) is 45.9 Å². The molecule has 2 heterocycles. The van der Waals surface area contributed by atoms with Gasteiger partial charge in [-0.15, -0.1) is 0 Å². The molecular weight excluding hydrogens is 817 g/mol. The summed E-state index contributed by atoms with van der Waals surface area (Å²) in [6.45, 7) is 6.37. The van der Waals surface area contributed by atoms with E-state index in [1.54, 1.807) is 13.8 Å². The number of hydrogen-bond donors (Lipinski definition) is 1. The van der Waals surface area contributed by atoms with Crippen LogP contribution in [0.25, 0.3) is 0 Å². The van der Waals surface area contributed by atoms with Crippen LogP contribution in [-0.2, 0) is 90.5 Å². The van der Waals surface area contributed by atoms with Gasteiger partial charge in [0.25, 0.3) is 20.2 Å². The van der Waals surface area contributed by atoms with Crippen molar-refractivity contribution in [1.29, 1.82) is 0 Å². The van der Waals surface area contributed by atoms with E-state index in [0.717, 1.165) is 45.7 Å². The Labute approximate surface area is 334 Å². The van der Waals surface area contributed by atoms with Gasteiger partial charge in [-0.05, 0) is 38.1 Å². The van der Waals surface area contributed by atoms with Crippen LogP contribution < -0.4 is 0 Å². The normalized spacial score (nSPS) is 27.4. The number of ether oxygens (including phenoxy) is 8. The number of aliphatic hydroxyl groups is 1. The molecule has 0 amide bonds. The van der Waals surface area contributed by atoms with Crippen molar-refractivity contribution in [2.45, 2.75) is 120 Å². The Bertz CT molecular complexity index is 2020. The van der Waals surface area contributed by atoms with Crippen molar-refractivity contribution in [3.8, 4) is 0 Å². The first-order valence-corrected chi connectivity index (χ1v) is 20.3. The molecule has 58 heavy (non-hydrogen) atoms. The summed E-state index contributed by atoms with van der Waals surface area (Å²) < 4.78 is 108. The van der Waals surface area contributed by atoms with Crippen LogP contribution in [0.3, 0.4) is 0 Å². The van der Waals surface area contributed by atoms with Crippen molar-refractivity contribution >= 4 is 50.1 Å². The number of aliphatic hydroxyl groups excluding tert-OH is 1. The predicted molar refractivity (Wildman–Crippen MR) is 191 cm³/mol. The monoisotopic (exact) mass is 860 g/mol. The number of rotatable bonds is 15. The zero-order valence-corrected chi connectivity index (χ0v) is 34.0. The second-order valence-corrected chi connectivity index (χ2v) is 16.4. The van der Waals surface area contributed by atoms with Gasteiger partial charge >= 0.3 is 29.8 Å². The van der Waals surface area contributed by atoms with Crippen LogP contribution in [0.4, 0.5) is 0 Å². The highest BCUT2D eigenvalue weighted by Crippen LogP contribution is 2.35. The molecule has 0 unspecified atom stereocenters. The molecule has 2 aromatic carbocycles. The molecule has 2 aliphatic rings. The highest BCUT2D eigenvalue weighted by atomic mass is 32.2. The second-order valence-electron chi connectivity index (χ2n) is 13.2. The summed E-state index contributed by atoms with van der Waals surface area (Å²) in [5, 5.41) is 11.0. The Morgan fingerprint density at radius 2 is 0.862 bits per heavy atom.